The molecule has 1 aliphatic rings. The maximum absolute atomic E-state index is 5.31. The maximum Gasteiger partial charge on any atom is 0.118 e. The Hall–Kier alpha value is -0.980. The molecule has 1 aliphatic heterocycles. The van der Waals surface area contributed by atoms with E-state index in [9.17, 15) is 0 Å². The Balaban J connectivity index is 2.77. The Bertz CT molecular complexity index is 187. The molecule has 0 bridgehead atoms. The van der Waals surface area contributed by atoms with Gasteiger partial charge in [0.25, 0.3) is 0 Å². The van der Waals surface area contributed by atoms with E-state index in [0.29, 0.717) is 0 Å². The van der Waals surface area contributed by atoms with Gasteiger partial charge in [-0.1, -0.05) is 18.7 Å². The van der Waals surface area contributed by atoms with Crippen molar-refractivity contribution in [1.82, 2.24) is 0 Å². The monoisotopic (exact) mass is 136 g/mol. The van der Waals surface area contributed by atoms with Gasteiger partial charge >= 0.3 is 0 Å². The Morgan fingerprint density at radius 2 is 2.40 bits per heavy atom. The van der Waals surface area contributed by atoms with Crippen LogP contribution in [0, 0.1) is 0 Å². The van der Waals surface area contributed by atoms with E-state index in [1.54, 1.807) is 6.08 Å². The number of allylic oxidation sites excluding steroid dienone is 4. The van der Waals surface area contributed by atoms with Crippen LogP contribution in [-0.2, 0) is 4.74 Å². The van der Waals surface area contributed by atoms with Crippen molar-refractivity contribution in [3.63, 3.8) is 0 Å². The van der Waals surface area contributed by atoms with Crippen LogP contribution in [0.4, 0.5) is 0 Å². The quantitative estimate of drug-likeness (QED) is 0.538. The molecule has 0 aliphatic carbocycles. The lowest BCUT2D eigenvalue weighted by atomic mass is 10.2. The predicted molar refractivity (Wildman–Crippen MR) is 42.6 cm³/mol. The average molecular weight is 136 g/mol. The van der Waals surface area contributed by atoms with E-state index >= 15 is 0 Å². The SMILES string of the molecule is C=CC=C1CCOC1=CC. The molecule has 0 atom stereocenters. The molecular weight excluding hydrogens is 124 g/mol. The first kappa shape index (κ1) is 7.13. The molecule has 54 valence electrons. The van der Waals surface area contributed by atoms with Crippen molar-refractivity contribution < 1.29 is 4.74 Å². The summed E-state index contributed by atoms with van der Waals surface area (Å²) in [7, 11) is 0. The predicted octanol–water partition coefficient (Wildman–Crippen LogP) is 2.42. The lowest BCUT2D eigenvalue weighted by Crippen LogP contribution is -1.78. The first-order chi connectivity index (χ1) is 4.88. The molecule has 0 saturated carbocycles. The van der Waals surface area contributed by atoms with E-state index in [4.69, 9.17) is 4.74 Å². The van der Waals surface area contributed by atoms with E-state index in [2.05, 4.69) is 6.58 Å². The van der Waals surface area contributed by atoms with E-state index in [1.165, 1.54) is 5.57 Å². The lowest BCUT2D eigenvalue weighted by Gasteiger charge is -1.95. The molecule has 10 heavy (non-hydrogen) atoms. The fourth-order valence-electron chi connectivity index (χ4n) is 1.06. The van der Waals surface area contributed by atoms with Crippen LogP contribution in [0.5, 0.6) is 0 Å². The minimum atomic E-state index is 0.819. The topological polar surface area (TPSA) is 9.23 Å². The van der Waals surface area contributed by atoms with Crippen molar-refractivity contribution in [2.75, 3.05) is 6.61 Å². The highest BCUT2D eigenvalue weighted by Crippen LogP contribution is 2.22. The van der Waals surface area contributed by atoms with Gasteiger partial charge < -0.3 is 4.74 Å². The molecule has 1 saturated heterocycles. The fourth-order valence-corrected chi connectivity index (χ4v) is 1.06. The van der Waals surface area contributed by atoms with Crippen molar-refractivity contribution in [2.24, 2.45) is 0 Å². The highest BCUT2D eigenvalue weighted by molar-refractivity contribution is 5.31. The van der Waals surface area contributed by atoms with E-state index in [1.807, 2.05) is 19.1 Å². The molecule has 1 nitrogen and oxygen atoms in total. The molecule has 1 rings (SSSR count). The highest BCUT2D eigenvalue weighted by atomic mass is 16.5. The van der Waals surface area contributed by atoms with Crippen molar-refractivity contribution >= 4 is 0 Å². The zero-order valence-electron chi connectivity index (χ0n) is 6.26. The first-order valence-electron chi connectivity index (χ1n) is 3.49. The normalized spacial score (nSPS) is 25.3. The van der Waals surface area contributed by atoms with E-state index < -0.39 is 0 Å². The smallest absolute Gasteiger partial charge is 0.118 e. The summed E-state index contributed by atoms with van der Waals surface area (Å²) in [5.74, 6) is 1.01. The molecule has 0 unspecified atom stereocenters. The maximum atomic E-state index is 5.31. The van der Waals surface area contributed by atoms with Gasteiger partial charge in [-0.25, -0.2) is 0 Å². The van der Waals surface area contributed by atoms with Crippen LogP contribution in [0.25, 0.3) is 0 Å². The van der Waals surface area contributed by atoms with Crippen LogP contribution in [0.2, 0.25) is 0 Å². The van der Waals surface area contributed by atoms with Crippen molar-refractivity contribution in [3.8, 4) is 0 Å². The fraction of sp³-hybridized carbons (Fsp3) is 0.333. The molecule has 0 spiro atoms. The number of hydrogen-bond acceptors (Lipinski definition) is 1. The third-order valence-corrected chi connectivity index (χ3v) is 1.53. The highest BCUT2D eigenvalue weighted by Gasteiger charge is 2.11. The van der Waals surface area contributed by atoms with Gasteiger partial charge in [-0.05, 0) is 18.6 Å². The molecular formula is C9H12O. The molecule has 0 radical (unpaired) electrons. The van der Waals surface area contributed by atoms with Gasteiger partial charge in [0.05, 0.1) is 6.61 Å². The Morgan fingerprint density at radius 3 is 3.00 bits per heavy atom. The van der Waals surface area contributed by atoms with Crippen LogP contribution in [0.15, 0.2) is 36.1 Å². The second-order valence-electron chi connectivity index (χ2n) is 2.18. The second-order valence-corrected chi connectivity index (χ2v) is 2.18. The summed E-state index contributed by atoms with van der Waals surface area (Å²) in [5.41, 5.74) is 1.26. The van der Waals surface area contributed by atoms with Crippen molar-refractivity contribution in [3.05, 3.63) is 36.1 Å². The number of hydrogen-bond donors (Lipinski definition) is 0. The molecule has 1 heterocycles. The number of rotatable bonds is 1. The second kappa shape index (κ2) is 3.25. The van der Waals surface area contributed by atoms with Crippen LogP contribution in [0.1, 0.15) is 13.3 Å². The third-order valence-electron chi connectivity index (χ3n) is 1.53. The van der Waals surface area contributed by atoms with Gasteiger partial charge in [0.2, 0.25) is 0 Å². The molecule has 0 N–H and O–H groups in total. The summed E-state index contributed by atoms with van der Waals surface area (Å²) >= 11 is 0. The average Bonchev–Trinajstić information content (AvgIpc) is 2.36. The Kier molecular flexibility index (Phi) is 2.32. The van der Waals surface area contributed by atoms with E-state index in [-0.39, 0.29) is 0 Å². The Morgan fingerprint density at radius 1 is 1.60 bits per heavy atom. The summed E-state index contributed by atoms with van der Waals surface area (Å²) in [5, 5.41) is 0. The lowest BCUT2D eigenvalue weighted by molar-refractivity contribution is 0.265. The van der Waals surface area contributed by atoms with Crippen LogP contribution in [-0.4, -0.2) is 6.61 Å². The molecule has 1 fully saturated rings. The molecule has 0 aromatic rings. The third kappa shape index (κ3) is 1.29. The van der Waals surface area contributed by atoms with Crippen LogP contribution in [0.3, 0.4) is 0 Å². The summed E-state index contributed by atoms with van der Waals surface area (Å²) in [4.78, 5) is 0. The zero-order chi connectivity index (χ0) is 7.40. The van der Waals surface area contributed by atoms with Crippen LogP contribution < -0.4 is 0 Å². The van der Waals surface area contributed by atoms with Gasteiger partial charge in [0, 0.05) is 6.42 Å². The molecule has 0 aromatic heterocycles. The van der Waals surface area contributed by atoms with Crippen molar-refractivity contribution in [1.29, 1.82) is 0 Å². The minimum Gasteiger partial charge on any atom is -0.493 e. The Labute approximate surface area is 61.7 Å². The molecule has 0 aromatic carbocycles. The minimum absolute atomic E-state index is 0.819. The van der Waals surface area contributed by atoms with Crippen LogP contribution >= 0.6 is 0 Å². The van der Waals surface area contributed by atoms with E-state index in [0.717, 1.165) is 18.8 Å². The summed E-state index contributed by atoms with van der Waals surface area (Å²) < 4.78 is 5.31. The summed E-state index contributed by atoms with van der Waals surface area (Å²) in [6.45, 7) is 6.44. The molecule has 1 heteroatoms. The zero-order valence-corrected chi connectivity index (χ0v) is 6.26. The summed E-state index contributed by atoms with van der Waals surface area (Å²) in [6.07, 6.45) is 6.81. The van der Waals surface area contributed by atoms with Gasteiger partial charge in [-0.3, -0.25) is 0 Å². The standard InChI is InChI=1S/C9H12O/c1-3-5-8-6-7-10-9(8)4-2/h3-5H,1,6-7H2,2H3. The first-order valence-corrected chi connectivity index (χ1v) is 3.49. The van der Waals surface area contributed by atoms with Crippen molar-refractivity contribution in [2.45, 2.75) is 13.3 Å². The molecule has 0 amide bonds. The summed E-state index contributed by atoms with van der Waals surface area (Å²) in [6, 6.07) is 0. The number of ether oxygens (including phenoxy) is 1. The van der Waals surface area contributed by atoms with Gasteiger partial charge in [0.1, 0.15) is 5.76 Å². The van der Waals surface area contributed by atoms with Gasteiger partial charge in [-0.2, -0.15) is 0 Å². The largest absolute Gasteiger partial charge is 0.493 e. The van der Waals surface area contributed by atoms with Gasteiger partial charge in [0.15, 0.2) is 0 Å². The van der Waals surface area contributed by atoms with Gasteiger partial charge in [-0.15, -0.1) is 0 Å².